The third kappa shape index (κ3) is 22.3. The molecule has 0 saturated carbocycles. The maximum atomic E-state index is 7.12. The summed E-state index contributed by atoms with van der Waals surface area (Å²) in [5.41, 5.74) is 13.6. The maximum Gasteiger partial charge on any atom is 0.187 e. The van der Waals surface area contributed by atoms with Gasteiger partial charge in [-0.25, -0.2) is 14.5 Å². The smallest absolute Gasteiger partial charge is 0.187 e. The number of halogens is 2. The van der Waals surface area contributed by atoms with Gasteiger partial charge in [-0.05, 0) is 254 Å². The van der Waals surface area contributed by atoms with E-state index in [0.717, 1.165) is 209 Å². The normalized spacial score (nSPS) is 14.6. The van der Waals surface area contributed by atoms with Gasteiger partial charge in [0.2, 0.25) is 0 Å². The molecule has 5 aromatic heterocycles. The number of nitrogens with one attached hydrogen (secondary N) is 1. The van der Waals surface area contributed by atoms with Crippen LogP contribution >= 0.6 is 24.8 Å². The molecule has 3 fully saturated rings. The molecule has 22 heteroatoms. The Balaban J connectivity index is 0.000000171. The van der Waals surface area contributed by atoms with Gasteiger partial charge in [-0.3, -0.25) is 9.80 Å². The predicted octanol–water partition coefficient (Wildman–Crippen LogP) is 18.7. The fraction of sp³-hybridized carbons (Fsp3) is 0.412. The standard InChI is InChI=1S/2C30H34N4O3.C25H30N4O2.2ClH/c2*1-31-24-9-6-23(7-10-24)21-36-29-13-11-26-28(32-37-30(26)27(29)20-33(2)3)12-8-22-14-16-34(17-15-22)19-25-5-4-18-35-25;1-26-20-7-4-19(5-8-20)17-30-24-11-9-21-23(10-6-18-12-14-27-15-13-18)28-31-25(21)22(24)16-29(2)3;;/h2*4-7,9-11,13,18,22H,8,12,14-17,19-21H2,2-3H3;4-5,7-9,11,18,27H,6,10,12-17H2,2-3H3;2*1H. The number of ether oxygens (including phenoxy) is 3. The summed E-state index contributed by atoms with van der Waals surface area (Å²) < 4.78 is 47.3. The first-order valence-corrected chi connectivity index (χ1v) is 36.9. The molecule has 0 bridgehead atoms. The second-order valence-corrected chi connectivity index (χ2v) is 29.0. The van der Waals surface area contributed by atoms with E-state index in [9.17, 15) is 0 Å². The molecule has 6 aromatic carbocycles. The number of aryl methyl sites for hydroxylation is 3. The summed E-state index contributed by atoms with van der Waals surface area (Å²) in [6, 6.07) is 42.9. The van der Waals surface area contributed by atoms with Crippen LogP contribution in [-0.4, -0.2) is 122 Å². The lowest BCUT2D eigenvalue weighted by Crippen LogP contribution is -2.33. The SMILES string of the molecule is Cl.Cl.[C-]#[N+]c1ccc(COc2ccc3c(CCC4CCN(Cc5ccco5)CC4)noc3c2CN(C)C)cc1.[C-]#[N+]c1ccc(COc2ccc3c(CCC4CCN(Cc5ccco5)CC4)noc3c2CN(C)C)cc1.[C-]#[N+]c1ccc(COc2ccc3c(CCC4CCNCC4)noc3c2CN(C)C)cc1. The van der Waals surface area contributed by atoms with Crippen LogP contribution < -0.4 is 19.5 Å². The van der Waals surface area contributed by atoms with Gasteiger partial charge >= 0.3 is 0 Å². The molecule has 3 aliphatic rings. The van der Waals surface area contributed by atoms with E-state index in [1.54, 1.807) is 12.5 Å². The molecule has 11 aromatic rings. The first-order valence-electron chi connectivity index (χ1n) is 36.9. The van der Waals surface area contributed by atoms with Crippen LogP contribution in [0.3, 0.4) is 0 Å². The minimum absolute atomic E-state index is 0. The van der Waals surface area contributed by atoms with E-state index < -0.39 is 0 Å². The monoisotopic (exact) mass is 1490 g/mol. The number of furan rings is 2. The van der Waals surface area contributed by atoms with Gasteiger partial charge in [0.1, 0.15) is 48.6 Å². The highest BCUT2D eigenvalue weighted by Gasteiger charge is 2.26. The summed E-state index contributed by atoms with van der Waals surface area (Å²) >= 11 is 0. The average Bonchev–Trinajstić information content (AvgIpc) is 1.68. The molecule has 0 amide bonds. The summed E-state index contributed by atoms with van der Waals surface area (Å²) in [5, 5.41) is 20.1. The van der Waals surface area contributed by atoms with Crippen LogP contribution in [-0.2, 0) is 71.8 Å². The molecule has 1 N–H and O–H groups in total. The number of nitrogens with zero attached hydrogens (tertiary/aromatic N) is 11. The topological polar surface area (TPSA) is 173 Å². The number of likely N-dealkylation sites (tertiary alicyclic amines) is 2. The highest BCUT2D eigenvalue weighted by molar-refractivity contribution is 5.87. The largest absolute Gasteiger partial charge is 0.488 e. The molecule has 3 saturated heterocycles. The quantitative estimate of drug-likeness (QED) is 0.0458. The molecule has 562 valence electrons. The molecular formula is C85H100Cl2N12O8. The fourth-order valence-corrected chi connectivity index (χ4v) is 14.4. The number of aromatic nitrogens is 3. The predicted molar refractivity (Wildman–Crippen MR) is 424 cm³/mol. The van der Waals surface area contributed by atoms with Crippen molar-refractivity contribution in [3.63, 3.8) is 0 Å². The maximum absolute atomic E-state index is 7.12. The molecule has 0 spiro atoms. The van der Waals surface area contributed by atoms with Gasteiger partial charge in [0.15, 0.2) is 33.8 Å². The second kappa shape index (κ2) is 39.9. The second-order valence-electron chi connectivity index (χ2n) is 29.0. The minimum Gasteiger partial charge on any atom is -0.488 e. The molecule has 3 aliphatic heterocycles. The molecule has 107 heavy (non-hydrogen) atoms. The van der Waals surface area contributed by atoms with Gasteiger partial charge in [-0.15, -0.1) is 24.8 Å². The van der Waals surface area contributed by atoms with Crippen LogP contribution in [0.2, 0.25) is 0 Å². The number of hydrogen-bond acceptors (Lipinski definition) is 17. The van der Waals surface area contributed by atoms with Crippen LogP contribution in [0.5, 0.6) is 17.2 Å². The van der Waals surface area contributed by atoms with Crippen molar-refractivity contribution in [2.24, 2.45) is 17.8 Å². The van der Waals surface area contributed by atoms with E-state index in [0.29, 0.717) is 68.4 Å². The summed E-state index contributed by atoms with van der Waals surface area (Å²) in [7, 11) is 12.3. The molecule has 8 heterocycles. The van der Waals surface area contributed by atoms with Crippen molar-refractivity contribution in [1.29, 1.82) is 0 Å². The molecule has 0 unspecified atom stereocenters. The van der Waals surface area contributed by atoms with Crippen molar-refractivity contribution in [3.8, 4) is 17.2 Å². The van der Waals surface area contributed by atoms with Crippen molar-refractivity contribution in [2.75, 3.05) is 81.6 Å². The summed E-state index contributed by atoms with van der Waals surface area (Å²) in [6.07, 6.45) is 17.0. The molecule has 14 rings (SSSR count). The van der Waals surface area contributed by atoms with E-state index in [4.69, 9.17) is 56.3 Å². The third-order valence-electron chi connectivity index (χ3n) is 20.3. The molecule has 20 nitrogen and oxygen atoms in total. The van der Waals surface area contributed by atoms with Gasteiger partial charge in [0.05, 0.1) is 79.1 Å². The lowest BCUT2D eigenvalue weighted by atomic mass is 9.91. The fourth-order valence-electron chi connectivity index (χ4n) is 14.4. The zero-order valence-corrected chi connectivity index (χ0v) is 64.1. The Morgan fingerprint density at radius 1 is 0.421 bits per heavy atom. The zero-order valence-electron chi connectivity index (χ0n) is 62.5. The number of hydrogen-bond donors (Lipinski definition) is 1. The van der Waals surface area contributed by atoms with Crippen LogP contribution in [0.15, 0.2) is 168 Å². The van der Waals surface area contributed by atoms with Crippen LogP contribution in [0.25, 0.3) is 47.4 Å². The Morgan fingerprint density at radius 3 is 1.01 bits per heavy atom. The van der Waals surface area contributed by atoms with Crippen LogP contribution in [0.1, 0.15) is 120 Å². The average molecular weight is 1490 g/mol. The van der Waals surface area contributed by atoms with Crippen molar-refractivity contribution >= 4 is 74.8 Å². The Morgan fingerprint density at radius 2 is 0.729 bits per heavy atom. The number of piperidine rings is 3. The first kappa shape index (κ1) is 80.0. The summed E-state index contributed by atoms with van der Waals surface area (Å²) in [6.45, 7) is 33.2. The van der Waals surface area contributed by atoms with Gasteiger partial charge in [-0.2, -0.15) is 0 Å². The molecular weight excluding hydrogens is 1390 g/mol. The van der Waals surface area contributed by atoms with E-state index in [2.05, 4.69) is 90.2 Å². The lowest BCUT2D eigenvalue weighted by molar-refractivity contribution is 0.162. The molecule has 0 radical (unpaired) electrons. The Hall–Kier alpha value is -9.50. The summed E-state index contributed by atoms with van der Waals surface area (Å²) in [4.78, 5) is 21.7. The molecule has 0 aliphatic carbocycles. The van der Waals surface area contributed by atoms with E-state index in [1.807, 2.05) is 145 Å². The van der Waals surface area contributed by atoms with E-state index >= 15 is 0 Å². The van der Waals surface area contributed by atoms with Gasteiger partial charge in [0, 0.05) is 35.8 Å². The highest BCUT2D eigenvalue weighted by atomic mass is 35.5. The lowest BCUT2D eigenvalue weighted by Gasteiger charge is -2.31. The van der Waals surface area contributed by atoms with Crippen LogP contribution in [0, 0.1) is 37.5 Å². The minimum atomic E-state index is 0. The van der Waals surface area contributed by atoms with Gasteiger partial charge in [0.25, 0.3) is 0 Å². The van der Waals surface area contributed by atoms with Crippen LogP contribution in [0.4, 0.5) is 17.1 Å². The number of benzene rings is 6. The number of rotatable bonds is 28. The van der Waals surface area contributed by atoms with Crippen molar-refractivity contribution in [3.05, 3.63) is 242 Å². The van der Waals surface area contributed by atoms with Crippen molar-refractivity contribution < 1.29 is 36.6 Å². The highest BCUT2D eigenvalue weighted by Crippen LogP contribution is 2.38. The Kier molecular flexibility index (Phi) is 29.9. The van der Waals surface area contributed by atoms with Gasteiger partial charge in [-0.1, -0.05) is 88.3 Å². The van der Waals surface area contributed by atoms with E-state index in [-0.39, 0.29) is 24.8 Å². The van der Waals surface area contributed by atoms with Crippen molar-refractivity contribution in [1.82, 2.24) is 45.3 Å². The Bertz CT molecular complexity index is 4440. The number of fused-ring (bicyclic) bond motifs is 3. The molecule has 0 atom stereocenters. The zero-order chi connectivity index (χ0) is 72.9. The third-order valence-corrected chi connectivity index (χ3v) is 20.3. The first-order chi connectivity index (χ1) is 51.3. The van der Waals surface area contributed by atoms with Crippen molar-refractivity contribution in [2.45, 2.75) is 130 Å². The van der Waals surface area contributed by atoms with E-state index in [1.165, 1.54) is 38.5 Å². The van der Waals surface area contributed by atoms with Gasteiger partial charge < -0.3 is 56.6 Å². The Labute approximate surface area is 641 Å². The summed E-state index contributed by atoms with van der Waals surface area (Å²) in [5.74, 6) is 6.70.